The van der Waals surface area contributed by atoms with Crippen LogP contribution in [0.25, 0.3) is 0 Å². The molecule has 1 heterocycles. The molecule has 0 amide bonds. The van der Waals surface area contributed by atoms with Crippen LogP contribution in [-0.2, 0) is 12.6 Å². The zero-order valence-electron chi connectivity index (χ0n) is 9.92. The standard InChI is InChI=1S/C13H9Br2F3OS/c14-7-1-2-8(9(5-7)13(16,17)18)11(19)6-12-10(15)3-4-20-12/h1-5,11,19H,6H2. The fraction of sp³-hybridized carbons (Fsp3) is 0.231. The predicted octanol–water partition coefficient (Wildman–Crippen LogP) is 5.57. The monoisotopic (exact) mass is 428 g/mol. The van der Waals surface area contributed by atoms with Crippen LogP contribution in [0.5, 0.6) is 0 Å². The minimum Gasteiger partial charge on any atom is -0.388 e. The van der Waals surface area contributed by atoms with Gasteiger partial charge in [0.2, 0.25) is 0 Å². The molecule has 0 bridgehead atoms. The van der Waals surface area contributed by atoms with Crippen molar-refractivity contribution in [3.05, 3.63) is 54.6 Å². The highest BCUT2D eigenvalue weighted by Gasteiger charge is 2.35. The molecule has 1 aromatic heterocycles. The van der Waals surface area contributed by atoms with E-state index in [1.165, 1.54) is 23.5 Å². The van der Waals surface area contributed by atoms with Gasteiger partial charge in [-0.25, -0.2) is 0 Å². The van der Waals surface area contributed by atoms with Crippen molar-refractivity contribution in [2.24, 2.45) is 0 Å². The second-order valence-corrected chi connectivity index (χ2v) is 6.91. The summed E-state index contributed by atoms with van der Waals surface area (Å²) in [6, 6.07) is 5.59. The van der Waals surface area contributed by atoms with Gasteiger partial charge in [-0.05, 0) is 45.1 Å². The second kappa shape index (κ2) is 6.17. The molecule has 0 radical (unpaired) electrons. The van der Waals surface area contributed by atoms with Gasteiger partial charge in [-0.15, -0.1) is 11.3 Å². The number of benzene rings is 1. The van der Waals surface area contributed by atoms with Crippen LogP contribution in [0, 0.1) is 0 Å². The van der Waals surface area contributed by atoms with E-state index >= 15 is 0 Å². The van der Waals surface area contributed by atoms with Gasteiger partial charge in [0.1, 0.15) is 0 Å². The van der Waals surface area contributed by atoms with Gasteiger partial charge in [0.15, 0.2) is 0 Å². The SMILES string of the molecule is OC(Cc1sccc1Br)c1ccc(Br)cc1C(F)(F)F. The Hall–Kier alpha value is -0.370. The smallest absolute Gasteiger partial charge is 0.388 e. The lowest BCUT2D eigenvalue weighted by Crippen LogP contribution is -2.13. The Morgan fingerprint density at radius 1 is 1.20 bits per heavy atom. The Bertz CT molecular complexity index is 610. The fourth-order valence-corrected chi connectivity index (χ4v) is 3.73. The van der Waals surface area contributed by atoms with Crippen LogP contribution < -0.4 is 0 Å². The van der Waals surface area contributed by atoms with Crippen molar-refractivity contribution in [2.75, 3.05) is 0 Å². The van der Waals surface area contributed by atoms with Crippen LogP contribution in [0.3, 0.4) is 0 Å². The van der Waals surface area contributed by atoms with Crippen LogP contribution in [0.2, 0.25) is 0 Å². The summed E-state index contributed by atoms with van der Waals surface area (Å²) < 4.78 is 40.2. The van der Waals surface area contributed by atoms with Crippen LogP contribution in [0.1, 0.15) is 22.1 Å². The maximum absolute atomic E-state index is 13.0. The molecule has 108 valence electrons. The van der Waals surface area contributed by atoms with Crippen LogP contribution in [0.4, 0.5) is 13.2 Å². The average molecular weight is 430 g/mol. The highest BCUT2D eigenvalue weighted by Crippen LogP contribution is 2.38. The Kier molecular flexibility index (Phi) is 4.94. The first-order valence-electron chi connectivity index (χ1n) is 5.55. The van der Waals surface area contributed by atoms with Gasteiger partial charge in [-0.3, -0.25) is 0 Å². The summed E-state index contributed by atoms with van der Waals surface area (Å²) in [5.74, 6) is 0. The number of halogens is 5. The summed E-state index contributed by atoms with van der Waals surface area (Å²) >= 11 is 7.72. The number of aliphatic hydroxyl groups excluding tert-OH is 1. The molecule has 7 heteroatoms. The maximum Gasteiger partial charge on any atom is 0.416 e. The maximum atomic E-state index is 13.0. The molecular formula is C13H9Br2F3OS. The van der Waals surface area contributed by atoms with Crippen LogP contribution in [0.15, 0.2) is 38.6 Å². The largest absolute Gasteiger partial charge is 0.416 e. The molecule has 1 N–H and O–H groups in total. The second-order valence-electron chi connectivity index (χ2n) is 4.14. The topological polar surface area (TPSA) is 20.2 Å². The van der Waals surface area contributed by atoms with E-state index in [9.17, 15) is 18.3 Å². The van der Waals surface area contributed by atoms with Crippen LogP contribution >= 0.6 is 43.2 Å². The lowest BCUT2D eigenvalue weighted by atomic mass is 9.99. The highest BCUT2D eigenvalue weighted by atomic mass is 79.9. The van der Waals surface area contributed by atoms with E-state index in [2.05, 4.69) is 31.9 Å². The van der Waals surface area contributed by atoms with Crippen molar-refractivity contribution in [3.63, 3.8) is 0 Å². The van der Waals surface area contributed by atoms with E-state index < -0.39 is 17.8 Å². The molecule has 2 rings (SSSR count). The van der Waals surface area contributed by atoms with E-state index in [1.807, 2.05) is 5.38 Å². The first kappa shape index (κ1) is 16.0. The molecule has 1 unspecified atom stereocenters. The molecular weight excluding hydrogens is 421 g/mol. The summed E-state index contributed by atoms with van der Waals surface area (Å²) in [6.07, 6.45) is -5.55. The first-order chi connectivity index (χ1) is 9.29. The summed E-state index contributed by atoms with van der Waals surface area (Å²) in [4.78, 5) is 0.813. The van der Waals surface area contributed by atoms with Gasteiger partial charge in [-0.2, -0.15) is 13.2 Å². The van der Waals surface area contributed by atoms with E-state index in [0.717, 1.165) is 15.4 Å². The van der Waals surface area contributed by atoms with Gasteiger partial charge >= 0.3 is 6.18 Å². The number of hydrogen-bond donors (Lipinski definition) is 1. The van der Waals surface area contributed by atoms with Crippen molar-refractivity contribution in [3.8, 4) is 0 Å². The number of hydrogen-bond acceptors (Lipinski definition) is 2. The van der Waals surface area contributed by atoms with Gasteiger partial charge in [-0.1, -0.05) is 22.0 Å². The fourth-order valence-electron chi connectivity index (χ4n) is 1.82. The van der Waals surface area contributed by atoms with E-state index in [1.54, 1.807) is 6.07 Å². The lowest BCUT2D eigenvalue weighted by Gasteiger charge is -2.17. The first-order valence-corrected chi connectivity index (χ1v) is 8.02. The van der Waals surface area contributed by atoms with Gasteiger partial charge in [0.05, 0.1) is 11.7 Å². The zero-order valence-corrected chi connectivity index (χ0v) is 13.9. The minimum atomic E-state index is -4.49. The van der Waals surface area contributed by atoms with Crippen molar-refractivity contribution >= 4 is 43.2 Å². The molecule has 20 heavy (non-hydrogen) atoms. The third-order valence-corrected chi connectivity index (χ3v) is 5.19. The summed E-state index contributed by atoms with van der Waals surface area (Å²) in [5.41, 5.74) is -0.923. The Morgan fingerprint density at radius 2 is 1.90 bits per heavy atom. The summed E-state index contributed by atoms with van der Waals surface area (Å²) in [5, 5.41) is 11.9. The molecule has 2 aromatic rings. The third-order valence-electron chi connectivity index (χ3n) is 2.75. The number of thiophene rings is 1. The molecule has 1 atom stereocenters. The van der Waals surface area contributed by atoms with Crippen molar-refractivity contribution in [1.82, 2.24) is 0 Å². The van der Waals surface area contributed by atoms with Crippen LogP contribution in [-0.4, -0.2) is 5.11 Å². The van der Waals surface area contributed by atoms with Crippen molar-refractivity contribution < 1.29 is 18.3 Å². The number of rotatable bonds is 3. The van der Waals surface area contributed by atoms with Crippen molar-refractivity contribution in [1.29, 1.82) is 0 Å². The Balaban J connectivity index is 2.35. The molecule has 0 aliphatic heterocycles. The van der Waals surface area contributed by atoms with Gasteiger partial charge in [0.25, 0.3) is 0 Å². The molecule has 0 spiro atoms. The molecule has 0 fully saturated rings. The molecule has 0 saturated carbocycles. The van der Waals surface area contributed by atoms with E-state index in [-0.39, 0.29) is 12.0 Å². The number of aliphatic hydroxyl groups is 1. The van der Waals surface area contributed by atoms with E-state index in [4.69, 9.17) is 0 Å². The summed E-state index contributed by atoms with van der Waals surface area (Å²) in [7, 11) is 0. The minimum absolute atomic E-state index is 0.110. The van der Waals surface area contributed by atoms with Gasteiger partial charge < -0.3 is 5.11 Å². The van der Waals surface area contributed by atoms with E-state index in [0.29, 0.717) is 4.47 Å². The van der Waals surface area contributed by atoms with Gasteiger partial charge in [0, 0.05) is 20.2 Å². The third kappa shape index (κ3) is 3.63. The Labute approximate surface area is 134 Å². The Morgan fingerprint density at radius 3 is 2.45 bits per heavy atom. The lowest BCUT2D eigenvalue weighted by molar-refractivity contribution is -0.139. The van der Waals surface area contributed by atoms with Crippen molar-refractivity contribution in [2.45, 2.75) is 18.7 Å². The normalized spacial score (nSPS) is 13.5. The highest BCUT2D eigenvalue weighted by molar-refractivity contribution is 9.10. The number of alkyl halides is 3. The zero-order chi connectivity index (χ0) is 14.9. The quantitative estimate of drug-likeness (QED) is 0.676. The molecule has 0 saturated heterocycles. The summed E-state index contributed by atoms with van der Waals surface area (Å²) in [6.45, 7) is 0. The molecule has 1 aromatic carbocycles. The molecule has 1 nitrogen and oxygen atoms in total. The average Bonchev–Trinajstić information content (AvgIpc) is 2.73. The predicted molar refractivity (Wildman–Crippen MR) is 79.8 cm³/mol. The molecule has 0 aliphatic rings. The molecule has 0 aliphatic carbocycles.